The van der Waals surface area contributed by atoms with E-state index >= 15 is 0 Å². The molecule has 0 bridgehead atoms. The lowest BCUT2D eigenvalue weighted by Crippen LogP contribution is -2.32. The van der Waals surface area contributed by atoms with Crippen molar-refractivity contribution in [3.05, 3.63) is 12.7 Å². The van der Waals surface area contributed by atoms with Crippen LogP contribution in [0.5, 0.6) is 0 Å². The van der Waals surface area contributed by atoms with Crippen molar-refractivity contribution in [1.82, 2.24) is 4.90 Å². The fourth-order valence-corrected chi connectivity index (χ4v) is 1.53. The van der Waals surface area contributed by atoms with Gasteiger partial charge in [-0.05, 0) is 18.9 Å². The molecule has 14 heavy (non-hydrogen) atoms. The Morgan fingerprint density at radius 1 is 1.36 bits per heavy atom. The Morgan fingerprint density at radius 3 is 2.93 bits per heavy atom. The average Bonchev–Trinajstić information content (AvgIpc) is 2.24. The molecule has 3 heteroatoms. The molecule has 0 aliphatic carbocycles. The Bertz CT molecular complexity index is 223. The highest BCUT2D eigenvalue weighted by Gasteiger charge is 2.08. The van der Waals surface area contributed by atoms with E-state index < -0.39 is 0 Å². The molecule has 0 fully saturated rings. The molecule has 1 rings (SSSR count). The number of nitrogens with zero attached hydrogens (tertiary/aromatic N) is 2. The fourth-order valence-electron chi connectivity index (χ4n) is 1.53. The van der Waals surface area contributed by atoms with Crippen molar-refractivity contribution in [3.63, 3.8) is 0 Å². The van der Waals surface area contributed by atoms with E-state index in [1.165, 1.54) is 25.3 Å². The van der Waals surface area contributed by atoms with Crippen LogP contribution in [0.2, 0.25) is 0 Å². The first-order chi connectivity index (χ1) is 6.84. The van der Waals surface area contributed by atoms with E-state index in [9.17, 15) is 4.79 Å². The van der Waals surface area contributed by atoms with E-state index in [0.717, 1.165) is 19.5 Å². The molecule has 0 spiro atoms. The smallest absolute Gasteiger partial charge is 0.246 e. The monoisotopic (exact) mass is 194 g/mol. The standard InChI is InChI=1S/C11H18N2O/c1-2-11(14)13-9-6-4-3-5-7-12-8-10-13/h2,8H,1,3-7,9-10H2. The van der Waals surface area contributed by atoms with Gasteiger partial charge in [0.15, 0.2) is 0 Å². The molecule has 1 heterocycles. The maximum Gasteiger partial charge on any atom is 0.246 e. The molecule has 0 saturated carbocycles. The topological polar surface area (TPSA) is 32.7 Å². The van der Waals surface area contributed by atoms with Crippen molar-refractivity contribution in [1.29, 1.82) is 0 Å². The maximum atomic E-state index is 11.4. The lowest BCUT2D eigenvalue weighted by molar-refractivity contribution is -0.125. The quantitative estimate of drug-likeness (QED) is 0.584. The Kier molecular flexibility index (Phi) is 4.97. The Labute approximate surface area is 85.5 Å². The van der Waals surface area contributed by atoms with Gasteiger partial charge in [-0.15, -0.1) is 0 Å². The van der Waals surface area contributed by atoms with Gasteiger partial charge in [-0.25, -0.2) is 0 Å². The van der Waals surface area contributed by atoms with Gasteiger partial charge in [0.25, 0.3) is 0 Å². The molecule has 0 aromatic rings. The van der Waals surface area contributed by atoms with Crippen LogP contribution in [0.25, 0.3) is 0 Å². The predicted molar refractivity (Wildman–Crippen MR) is 58.6 cm³/mol. The van der Waals surface area contributed by atoms with Crippen LogP contribution in [0.15, 0.2) is 17.6 Å². The van der Waals surface area contributed by atoms with Gasteiger partial charge in [-0.2, -0.15) is 0 Å². The van der Waals surface area contributed by atoms with Gasteiger partial charge in [-0.1, -0.05) is 19.4 Å². The van der Waals surface area contributed by atoms with Crippen LogP contribution >= 0.6 is 0 Å². The number of carbonyl (C=O) groups excluding carboxylic acids is 1. The first kappa shape index (κ1) is 11.0. The van der Waals surface area contributed by atoms with Crippen molar-refractivity contribution in [2.75, 3.05) is 19.6 Å². The number of hydrogen-bond acceptors (Lipinski definition) is 2. The van der Waals surface area contributed by atoms with Crippen molar-refractivity contribution < 1.29 is 4.79 Å². The van der Waals surface area contributed by atoms with Crippen LogP contribution in [-0.2, 0) is 4.79 Å². The molecule has 1 aliphatic rings. The highest BCUT2D eigenvalue weighted by molar-refractivity contribution is 5.88. The second-order valence-corrected chi connectivity index (χ2v) is 3.49. The van der Waals surface area contributed by atoms with E-state index in [1.807, 2.05) is 6.21 Å². The van der Waals surface area contributed by atoms with Gasteiger partial charge in [0, 0.05) is 19.3 Å². The number of carbonyl (C=O) groups is 1. The van der Waals surface area contributed by atoms with Crippen LogP contribution in [0.3, 0.4) is 0 Å². The van der Waals surface area contributed by atoms with E-state index in [-0.39, 0.29) is 5.91 Å². The highest BCUT2D eigenvalue weighted by atomic mass is 16.2. The lowest BCUT2D eigenvalue weighted by atomic mass is 10.2. The Hall–Kier alpha value is -1.12. The zero-order valence-electron chi connectivity index (χ0n) is 8.61. The summed E-state index contributed by atoms with van der Waals surface area (Å²) in [6.45, 7) is 5.86. The summed E-state index contributed by atoms with van der Waals surface area (Å²) >= 11 is 0. The SMILES string of the molecule is C=CC(=O)N1CC=NCCCCCC1. The lowest BCUT2D eigenvalue weighted by Gasteiger charge is -2.19. The van der Waals surface area contributed by atoms with E-state index in [4.69, 9.17) is 0 Å². The summed E-state index contributed by atoms with van der Waals surface area (Å²) in [5.41, 5.74) is 0. The van der Waals surface area contributed by atoms with Crippen LogP contribution in [-0.4, -0.2) is 36.7 Å². The molecule has 1 amide bonds. The summed E-state index contributed by atoms with van der Waals surface area (Å²) in [6, 6.07) is 0. The predicted octanol–water partition coefficient (Wildman–Crippen LogP) is 1.65. The fraction of sp³-hybridized carbons (Fsp3) is 0.636. The molecule has 0 N–H and O–H groups in total. The summed E-state index contributed by atoms with van der Waals surface area (Å²) in [5.74, 6) is 0.0111. The van der Waals surface area contributed by atoms with Gasteiger partial charge in [0.2, 0.25) is 5.91 Å². The second-order valence-electron chi connectivity index (χ2n) is 3.49. The van der Waals surface area contributed by atoms with Gasteiger partial charge in [0.05, 0.1) is 6.54 Å². The molecule has 0 radical (unpaired) electrons. The van der Waals surface area contributed by atoms with Crippen LogP contribution in [0.1, 0.15) is 25.7 Å². The molecule has 1 aliphatic heterocycles. The van der Waals surface area contributed by atoms with Gasteiger partial charge < -0.3 is 4.90 Å². The molecular weight excluding hydrogens is 176 g/mol. The summed E-state index contributed by atoms with van der Waals surface area (Å²) in [7, 11) is 0. The van der Waals surface area contributed by atoms with E-state index in [1.54, 1.807) is 4.90 Å². The average molecular weight is 194 g/mol. The largest absolute Gasteiger partial charge is 0.334 e. The highest BCUT2D eigenvalue weighted by Crippen LogP contribution is 2.04. The van der Waals surface area contributed by atoms with E-state index in [2.05, 4.69) is 11.6 Å². The third kappa shape index (κ3) is 3.73. The van der Waals surface area contributed by atoms with Crippen molar-refractivity contribution >= 4 is 12.1 Å². The third-order valence-electron chi connectivity index (χ3n) is 2.38. The molecule has 78 valence electrons. The van der Waals surface area contributed by atoms with E-state index in [0.29, 0.717) is 6.54 Å². The van der Waals surface area contributed by atoms with Crippen molar-refractivity contribution in [2.45, 2.75) is 25.7 Å². The maximum absolute atomic E-state index is 11.4. The summed E-state index contributed by atoms with van der Waals surface area (Å²) < 4.78 is 0. The first-order valence-electron chi connectivity index (χ1n) is 5.24. The minimum atomic E-state index is 0.0111. The van der Waals surface area contributed by atoms with Gasteiger partial charge in [-0.3, -0.25) is 9.79 Å². The Morgan fingerprint density at radius 2 is 2.14 bits per heavy atom. The summed E-state index contributed by atoms with van der Waals surface area (Å²) in [5, 5.41) is 0. The van der Waals surface area contributed by atoms with Crippen molar-refractivity contribution in [3.8, 4) is 0 Å². The third-order valence-corrected chi connectivity index (χ3v) is 2.38. The number of aliphatic imine (C=N–C) groups is 1. The molecule has 0 aromatic heterocycles. The summed E-state index contributed by atoms with van der Waals surface area (Å²) in [6.07, 6.45) is 7.88. The molecule has 0 atom stereocenters. The Balaban J connectivity index is 2.49. The van der Waals surface area contributed by atoms with Gasteiger partial charge >= 0.3 is 0 Å². The zero-order chi connectivity index (χ0) is 10.2. The number of rotatable bonds is 1. The molecule has 0 unspecified atom stereocenters. The second kappa shape index (κ2) is 6.35. The van der Waals surface area contributed by atoms with Crippen molar-refractivity contribution in [2.24, 2.45) is 4.99 Å². The number of amides is 1. The minimum absolute atomic E-state index is 0.0111. The van der Waals surface area contributed by atoms with Crippen LogP contribution in [0, 0.1) is 0 Å². The normalized spacial score (nSPS) is 19.0. The molecule has 3 nitrogen and oxygen atoms in total. The summed E-state index contributed by atoms with van der Waals surface area (Å²) in [4.78, 5) is 17.4. The van der Waals surface area contributed by atoms with Crippen LogP contribution in [0.4, 0.5) is 0 Å². The molecular formula is C11H18N2O. The van der Waals surface area contributed by atoms with Crippen LogP contribution < -0.4 is 0 Å². The molecule has 0 saturated heterocycles. The molecule has 0 aromatic carbocycles. The first-order valence-corrected chi connectivity index (χ1v) is 5.24. The van der Waals surface area contributed by atoms with Gasteiger partial charge in [0.1, 0.15) is 0 Å². The number of hydrogen-bond donors (Lipinski definition) is 0. The minimum Gasteiger partial charge on any atom is -0.334 e. The zero-order valence-corrected chi connectivity index (χ0v) is 8.61.